The molecule has 0 heterocycles. The summed E-state index contributed by atoms with van der Waals surface area (Å²) in [4.78, 5) is 0. The first-order valence-electron chi connectivity index (χ1n) is 10.8. The number of rotatable bonds is 17. The molecule has 1 heteroatoms. The van der Waals surface area contributed by atoms with Crippen LogP contribution in [0.1, 0.15) is 130 Å². The normalized spacial score (nSPS) is 12.5. The Kier molecular flexibility index (Phi) is 17.6. The molecule has 0 aromatic rings. The Hall–Kier alpha value is 0.430. The molecule has 0 saturated carbocycles. The summed E-state index contributed by atoms with van der Waals surface area (Å²) < 4.78 is 0. The van der Waals surface area contributed by atoms with Crippen LogP contribution in [0.5, 0.6) is 0 Å². The highest BCUT2D eigenvalue weighted by Gasteiger charge is 2.08. The van der Waals surface area contributed by atoms with Crippen molar-refractivity contribution in [3.05, 3.63) is 0 Å². The Bertz CT molecular complexity index is 217. The molecule has 0 N–H and O–H groups in total. The van der Waals surface area contributed by atoms with E-state index in [9.17, 15) is 0 Å². The molecule has 23 heavy (non-hydrogen) atoms. The molecule has 0 amide bonds. The fraction of sp³-hybridized carbons (Fsp3) is 1.00. The summed E-state index contributed by atoms with van der Waals surface area (Å²) in [6, 6.07) is 0. The van der Waals surface area contributed by atoms with Crippen molar-refractivity contribution >= 4 is 8.58 Å². The molecule has 0 aliphatic rings. The molecule has 0 aliphatic heterocycles. The van der Waals surface area contributed by atoms with Crippen molar-refractivity contribution in [1.82, 2.24) is 0 Å². The van der Waals surface area contributed by atoms with E-state index >= 15 is 0 Å². The quantitative estimate of drug-likeness (QED) is 0.183. The van der Waals surface area contributed by atoms with Crippen molar-refractivity contribution in [3.8, 4) is 0 Å². The van der Waals surface area contributed by atoms with E-state index in [4.69, 9.17) is 0 Å². The van der Waals surface area contributed by atoms with Gasteiger partial charge in [0.2, 0.25) is 0 Å². The van der Waals surface area contributed by atoms with Gasteiger partial charge in [-0.1, -0.05) is 124 Å². The van der Waals surface area contributed by atoms with Crippen LogP contribution >= 0.6 is 8.58 Å². The molecule has 0 saturated heterocycles. The average molecular weight is 343 g/mol. The summed E-state index contributed by atoms with van der Waals surface area (Å²) >= 11 is 0. The van der Waals surface area contributed by atoms with Gasteiger partial charge in [-0.2, -0.15) is 0 Å². The van der Waals surface area contributed by atoms with Gasteiger partial charge in [0, 0.05) is 0 Å². The summed E-state index contributed by atoms with van der Waals surface area (Å²) in [5.41, 5.74) is 0. The SMILES string of the molecule is CCCCCCCCCCCCCCCCCCPC(C)(C)C. The van der Waals surface area contributed by atoms with Crippen LogP contribution in [0.25, 0.3) is 0 Å². The zero-order valence-electron chi connectivity index (χ0n) is 17.0. The third-order valence-corrected chi connectivity index (χ3v) is 6.35. The number of hydrogen-bond donors (Lipinski definition) is 0. The molecule has 1 unspecified atom stereocenters. The van der Waals surface area contributed by atoms with E-state index in [1.807, 2.05) is 0 Å². The summed E-state index contributed by atoms with van der Waals surface area (Å²) in [5, 5.41) is 0.565. The molecule has 0 radical (unpaired) electrons. The first-order valence-corrected chi connectivity index (χ1v) is 12.0. The first-order chi connectivity index (χ1) is 11.1. The van der Waals surface area contributed by atoms with Gasteiger partial charge in [-0.3, -0.25) is 0 Å². The van der Waals surface area contributed by atoms with Crippen molar-refractivity contribution < 1.29 is 0 Å². The Morgan fingerprint density at radius 3 is 1.09 bits per heavy atom. The van der Waals surface area contributed by atoms with Crippen LogP contribution in [0, 0.1) is 0 Å². The highest BCUT2D eigenvalue weighted by atomic mass is 31.1. The zero-order chi connectivity index (χ0) is 17.2. The molecule has 0 spiro atoms. The first kappa shape index (κ1) is 23.4. The summed E-state index contributed by atoms with van der Waals surface area (Å²) in [7, 11) is 1.15. The highest BCUT2D eigenvalue weighted by Crippen LogP contribution is 2.31. The van der Waals surface area contributed by atoms with Crippen molar-refractivity contribution in [1.29, 1.82) is 0 Å². The molecule has 0 bridgehead atoms. The van der Waals surface area contributed by atoms with Gasteiger partial charge >= 0.3 is 0 Å². The van der Waals surface area contributed by atoms with Crippen LogP contribution in [0.2, 0.25) is 0 Å². The molecule has 0 aromatic heterocycles. The second kappa shape index (κ2) is 17.3. The van der Waals surface area contributed by atoms with Gasteiger partial charge in [-0.25, -0.2) is 0 Å². The Morgan fingerprint density at radius 1 is 0.478 bits per heavy atom. The highest BCUT2D eigenvalue weighted by molar-refractivity contribution is 7.39. The Labute approximate surface area is 150 Å². The van der Waals surface area contributed by atoms with E-state index in [2.05, 4.69) is 27.7 Å². The number of unbranched alkanes of at least 4 members (excludes halogenated alkanes) is 15. The van der Waals surface area contributed by atoms with E-state index < -0.39 is 0 Å². The Morgan fingerprint density at radius 2 is 0.783 bits per heavy atom. The maximum Gasteiger partial charge on any atom is -0.0207 e. The number of hydrogen-bond acceptors (Lipinski definition) is 0. The van der Waals surface area contributed by atoms with Crippen LogP contribution in [0.3, 0.4) is 0 Å². The standard InChI is InChI=1S/C22H47P/c1-5-6-7-8-9-10-11-12-13-14-15-16-17-18-19-20-21-23-22(2,3)4/h23H,5-21H2,1-4H3. The van der Waals surface area contributed by atoms with E-state index in [0.717, 1.165) is 8.58 Å². The molecule has 1 atom stereocenters. The van der Waals surface area contributed by atoms with E-state index in [-0.39, 0.29) is 0 Å². The van der Waals surface area contributed by atoms with Crippen molar-refractivity contribution in [3.63, 3.8) is 0 Å². The summed E-state index contributed by atoms with van der Waals surface area (Å²) in [6.45, 7) is 9.42. The maximum absolute atomic E-state index is 2.37. The van der Waals surface area contributed by atoms with Gasteiger partial charge < -0.3 is 0 Å². The molecular weight excluding hydrogens is 295 g/mol. The van der Waals surface area contributed by atoms with E-state index in [1.54, 1.807) is 0 Å². The molecule has 140 valence electrons. The maximum atomic E-state index is 2.37. The lowest BCUT2D eigenvalue weighted by Gasteiger charge is -2.17. The van der Waals surface area contributed by atoms with Crippen LogP contribution in [-0.2, 0) is 0 Å². The summed E-state index contributed by atoms with van der Waals surface area (Å²) in [6.07, 6.45) is 25.0. The lowest BCUT2D eigenvalue weighted by molar-refractivity contribution is 0.531. The van der Waals surface area contributed by atoms with Crippen LogP contribution in [0.4, 0.5) is 0 Å². The molecule has 0 fully saturated rings. The van der Waals surface area contributed by atoms with Gasteiger partial charge in [0.05, 0.1) is 0 Å². The third kappa shape index (κ3) is 22.4. The fourth-order valence-electron chi connectivity index (χ4n) is 3.14. The predicted molar refractivity (Wildman–Crippen MR) is 112 cm³/mol. The zero-order valence-corrected chi connectivity index (χ0v) is 18.0. The molecular formula is C22H47P. The van der Waals surface area contributed by atoms with Crippen LogP contribution in [0.15, 0.2) is 0 Å². The third-order valence-electron chi connectivity index (χ3n) is 4.69. The van der Waals surface area contributed by atoms with Gasteiger partial charge in [-0.15, -0.1) is 8.58 Å². The lowest BCUT2D eigenvalue weighted by atomic mass is 10.0. The van der Waals surface area contributed by atoms with Gasteiger partial charge in [0.1, 0.15) is 0 Å². The van der Waals surface area contributed by atoms with Crippen LogP contribution in [-0.4, -0.2) is 11.3 Å². The minimum atomic E-state index is 0.565. The molecule has 0 nitrogen and oxygen atoms in total. The smallest absolute Gasteiger partial charge is 0.0207 e. The van der Waals surface area contributed by atoms with Crippen LogP contribution < -0.4 is 0 Å². The second-order valence-electron chi connectivity index (χ2n) is 8.48. The van der Waals surface area contributed by atoms with Crippen molar-refractivity contribution in [2.24, 2.45) is 0 Å². The fourth-order valence-corrected chi connectivity index (χ4v) is 4.31. The minimum Gasteiger partial charge on any atom is -0.117 e. The van der Waals surface area contributed by atoms with Gasteiger partial charge in [-0.05, 0) is 17.7 Å². The summed E-state index contributed by atoms with van der Waals surface area (Å²) in [5.74, 6) is 0. The van der Waals surface area contributed by atoms with E-state index in [1.165, 1.54) is 109 Å². The van der Waals surface area contributed by atoms with Gasteiger partial charge in [0.15, 0.2) is 0 Å². The molecule has 0 aliphatic carbocycles. The minimum absolute atomic E-state index is 0.565. The van der Waals surface area contributed by atoms with E-state index in [0.29, 0.717) is 5.16 Å². The molecule has 0 rings (SSSR count). The van der Waals surface area contributed by atoms with Crippen molar-refractivity contribution in [2.45, 2.75) is 136 Å². The average Bonchev–Trinajstić information content (AvgIpc) is 2.49. The van der Waals surface area contributed by atoms with Crippen molar-refractivity contribution in [2.75, 3.05) is 6.16 Å². The van der Waals surface area contributed by atoms with Gasteiger partial charge in [0.25, 0.3) is 0 Å². The monoisotopic (exact) mass is 342 g/mol. The topological polar surface area (TPSA) is 0 Å². The predicted octanol–water partition coefficient (Wildman–Crippen LogP) is 8.72. The lowest BCUT2D eigenvalue weighted by Crippen LogP contribution is -2.05. The largest absolute Gasteiger partial charge is 0.117 e. The second-order valence-corrected chi connectivity index (χ2v) is 10.8. The Balaban J connectivity index is 3.00. The molecule has 0 aromatic carbocycles.